The van der Waals surface area contributed by atoms with Crippen LogP contribution in [0.3, 0.4) is 0 Å². The lowest BCUT2D eigenvalue weighted by Gasteiger charge is -2.17. The number of hydrogen-bond acceptors (Lipinski definition) is 6. The fraction of sp³-hybridized carbons (Fsp3) is 0.263. The summed E-state index contributed by atoms with van der Waals surface area (Å²) in [6.45, 7) is -0.173. The summed E-state index contributed by atoms with van der Waals surface area (Å²) in [6.07, 6.45) is -0.649. The maximum absolute atomic E-state index is 12.1. The zero-order valence-corrected chi connectivity index (χ0v) is 17.7. The molecule has 0 spiro atoms. The predicted octanol–water partition coefficient (Wildman–Crippen LogP) is 4.21. The molecule has 2 aromatic rings. The van der Waals surface area contributed by atoms with E-state index in [1.54, 1.807) is 48.5 Å². The molecule has 0 fully saturated rings. The predicted molar refractivity (Wildman–Crippen MR) is 106 cm³/mol. The molecule has 0 unspecified atom stereocenters. The van der Waals surface area contributed by atoms with Crippen molar-refractivity contribution in [3.8, 4) is 0 Å². The maximum atomic E-state index is 12.1. The van der Waals surface area contributed by atoms with E-state index >= 15 is 0 Å². The van der Waals surface area contributed by atoms with Gasteiger partial charge in [0.25, 0.3) is 0 Å². The molecule has 0 amide bonds. The van der Waals surface area contributed by atoms with E-state index < -0.39 is 18.0 Å². The van der Waals surface area contributed by atoms with Crippen molar-refractivity contribution in [1.82, 2.24) is 0 Å². The Labute approximate surface area is 174 Å². The fourth-order valence-electron chi connectivity index (χ4n) is 1.98. The molecule has 0 radical (unpaired) electrons. The average Bonchev–Trinajstić information content (AvgIpc) is 2.68. The third-order valence-electron chi connectivity index (χ3n) is 3.38. The molecular formula is C19H18Br2O6. The van der Waals surface area contributed by atoms with Crippen LogP contribution >= 0.6 is 31.9 Å². The highest BCUT2D eigenvalue weighted by molar-refractivity contribution is 9.10. The van der Waals surface area contributed by atoms with E-state index in [1.165, 1.54) is 7.11 Å². The monoisotopic (exact) mass is 500 g/mol. The van der Waals surface area contributed by atoms with Gasteiger partial charge in [-0.15, -0.1) is 0 Å². The number of methoxy groups -OCH3 is 1. The summed E-state index contributed by atoms with van der Waals surface area (Å²) in [7, 11) is 1.47. The van der Waals surface area contributed by atoms with Crippen LogP contribution in [-0.4, -0.2) is 45.2 Å². The Morgan fingerprint density at radius 1 is 0.815 bits per heavy atom. The summed E-state index contributed by atoms with van der Waals surface area (Å²) < 4.78 is 22.5. The van der Waals surface area contributed by atoms with Crippen molar-refractivity contribution in [2.45, 2.75) is 6.10 Å². The Balaban J connectivity index is 1.88. The van der Waals surface area contributed by atoms with Crippen LogP contribution < -0.4 is 0 Å². The normalized spacial score (nSPS) is 10.7. The third kappa shape index (κ3) is 7.42. The molecule has 2 aromatic carbocycles. The Morgan fingerprint density at radius 3 is 1.59 bits per heavy atom. The lowest BCUT2D eigenvalue weighted by molar-refractivity contribution is -0.106. The van der Waals surface area contributed by atoms with Gasteiger partial charge in [0.2, 0.25) is 0 Å². The van der Waals surface area contributed by atoms with Crippen LogP contribution in [0.25, 0.3) is 0 Å². The van der Waals surface area contributed by atoms with Gasteiger partial charge >= 0.3 is 11.9 Å². The minimum absolute atomic E-state index is 0.0175. The first-order valence-electron chi connectivity index (χ1n) is 7.95. The Bertz CT molecular complexity index is 684. The minimum atomic E-state index is -0.649. The van der Waals surface area contributed by atoms with E-state index in [0.717, 1.165) is 8.95 Å². The number of halogens is 2. The molecule has 2 rings (SSSR count). The molecule has 0 aliphatic carbocycles. The molecule has 0 bridgehead atoms. The van der Waals surface area contributed by atoms with Crippen LogP contribution in [0, 0.1) is 0 Å². The van der Waals surface area contributed by atoms with Crippen LogP contribution in [0.15, 0.2) is 57.5 Å². The SMILES string of the molecule is COCOC(COC(=O)c1ccc(Br)cc1)COC(=O)c1ccc(Br)cc1. The van der Waals surface area contributed by atoms with Gasteiger partial charge in [0, 0.05) is 16.1 Å². The molecule has 8 heteroatoms. The van der Waals surface area contributed by atoms with E-state index in [9.17, 15) is 9.59 Å². The van der Waals surface area contributed by atoms with Gasteiger partial charge in [-0.05, 0) is 48.5 Å². The number of esters is 2. The number of carbonyl (C=O) groups excluding carboxylic acids is 2. The lowest BCUT2D eigenvalue weighted by atomic mass is 10.2. The zero-order valence-electron chi connectivity index (χ0n) is 14.5. The van der Waals surface area contributed by atoms with Crippen molar-refractivity contribution in [2.24, 2.45) is 0 Å². The Hall–Kier alpha value is -1.74. The third-order valence-corrected chi connectivity index (χ3v) is 4.44. The van der Waals surface area contributed by atoms with Gasteiger partial charge < -0.3 is 18.9 Å². The fourth-order valence-corrected chi connectivity index (χ4v) is 2.51. The first kappa shape index (κ1) is 21.6. The van der Waals surface area contributed by atoms with Gasteiger partial charge in [-0.2, -0.15) is 0 Å². The maximum Gasteiger partial charge on any atom is 0.338 e. The highest BCUT2D eigenvalue weighted by Crippen LogP contribution is 2.13. The summed E-state index contributed by atoms with van der Waals surface area (Å²) in [5.74, 6) is -0.986. The minimum Gasteiger partial charge on any atom is -0.459 e. The van der Waals surface area contributed by atoms with Crippen LogP contribution in [0.1, 0.15) is 20.7 Å². The van der Waals surface area contributed by atoms with Crippen molar-refractivity contribution in [3.63, 3.8) is 0 Å². The van der Waals surface area contributed by atoms with Crippen molar-refractivity contribution >= 4 is 43.8 Å². The van der Waals surface area contributed by atoms with E-state index in [0.29, 0.717) is 11.1 Å². The molecule has 0 aliphatic heterocycles. The first-order chi connectivity index (χ1) is 13.0. The number of benzene rings is 2. The molecule has 0 N–H and O–H groups in total. The summed E-state index contributed by atoms with van der Waals surface area (Å²) in [4.78, 5) is 24.2. The quantitative estimate of drug-likeness (QED) is 0.378. The van der Waals surface area contributed by atoms with Crippen LogP contribution in [0.5, 0.6) is 0 Å². The molecule has 0 saturated heterocycles. The summed E-state index contributed by atoms with van der Waals surface area (Å²) in [5, 5.41) is 0. The van der Waals surface area contributed by atoms with E-state index in [4.69, 9.17) is 18.9 Å². The molecule has 6 nitrogen and oxygen atoms in total. The Morgan fingerprint density at radius 2 is 1.22 bits per heavy atom. The molecule has 0 heterocycles. The highest BCUT2D eigenvalue weighted by Gasteiger charge is 2.17. The topological polar surface area (TPSA) is 71.1 Å². The Kier molecular flexibility index (Phi) is 8.93. The average molecular weight is 502 g/mol. The lowest BCUT2D eigenvalue weighted by Crippen LogP contribution is -2.29. The summed E-state index contributed by atoms with van der Waals surface area (Å²) in [6, 6.07) is 13.6. The molecule has 0 saturated carbocycles. The molecule has 27 heavy (non-hydrogen) atoms. The van der Waals surface area contributed by atoms with Crippen molar-refractivity contribution in [3.05, 3.63) is 68.6 Å². The smallest absolute Gasteiger partial charge is 0.338 e. The molecular weight excluding hydrogens is 484 g/mol. The molecule has 0 aliphatic rings. The second kappa shape index (κ2) is 11.2. The zero-order chi connectivity index (χ0) is 19.6. The largest absolute Gasteiger partial charge is 0.459 e. The van der Waals surface area contributed by atoms with E-state index in [-0.39, 0.29) is 20.0 Å². The van der Waals surface area contributed by atoms with Gasteiger partial charge in [0.15, 0.2) is 0 Å². The second-order valence-electron chi connectivity index (χ2n) is 5.41. The number of carbonyl (C=O) groups is 2. The van der Waals surface area contributed by atoms with Crippen molar-refractivity contribution < 1.29 is 28.5 Å². The number of hydrogen-bond donors (Lipinski definition) is 0. The van der Waals surface area contributed by atoms with Crippen LogP contribution in [0.4, 0.5) is 0 Å². The van der Waals surface area contributed by atoms with Gasteiger partial charge in [0.05, 0.1) is 11.1 Å². The van der Waals surface area contributed by atoms with Gasteiger partial charge in [-0.3, -0.25) is 0 Å². The van der Waals surface area contributed by atoms with E-state index in [2.05, 4.69) is 31.9 Å². The molecule has 144 valence electrons. The molecule has 0 aromatic heterocycles. The number of rotatable bonds is 9. The highest BCUT2D eigenvalue weighted by atomic mass is 79.9. The number of ether oxygens (including phenoxy) is 4. The van der Waals surface area contributed by atoms with Gasteiger partial charge in [0.1, 0.15) is 26.1 Å². The molecule has 0 atom stereocenters. The second-order valence-corrected chi connectivity index (χ2v) is 7.24. The van der Waals surface area contributed by atoms with Crippen molar-refractivity contribution in [2.75, 3.05) is 27.1 Å². The summed E-state index contributed by atoms with van der Waals surface area (Å²) >= 11 is 6.61. The van der Waals surface area contributed by atoms with Crippen molar-refractivity contribution in [1.29, 1.82) is 0 Å². The van der Waals surface area contributed by atoms with Gasteiger partial charge in [-0.1, -0.05) is 31.9 Å². The first-order valence-corrected chi connectivity index (χ1v) is 9.54. The van der Waals surface area contributed by atoms with Crippen LogP contribution in [0.2, 0.25) is 0 Å². The van der Waals surface area contributed by atoms with Crippen LogP contribution in [-0.2, 0) is 18.9 Å². The summed E-state index contributed by atoms with van der Waals surface area (Å²) in [5.41, 5.74) is 0.825. The van der Waals surface area contributed by atoms with E-state index in [1.807, 2.05) is 0 Å². The standard InChI is InChI=1S/C19H18Br2O6/c1-24-12-27-17(10-25-18(22)13-2-6-15(20)7-3-13)11-26-19(23)14-4-8-16(21)9-5-14/h2-9,17H,10-12H2,1H3. The van der Waals surface area contributed by atoms with Gasteiger partial charge in [-0.25, -0.2) is 9.59 Å².